The van der Waals surface area contributed by atoms with E-state index in [-0.39, 0.29) is 6.61 Å². The van der Waals surface area contributed by atoms with Crippen molar-refractivity contribution in [2.45, 2.75) is 32.2 Å². The van der Waals surface area contributed by atoms with E-state index >= 15 is 0 Å². The maximum Gasteiger partial charge on any atom is 0.0589 e. The van der Waals surface area contributed by atoms with Gasteiger partial charge in [0.05, 0.1) is 13.2 Å². The Balaban J connectivity index is 2.47. The van der Waals surface area contributed by atoms with Gasteiger partial charge in [-0.1, -0.05) is 6.92 Å². The average Bonchev–Trinajstić information content (AvgIpc) is 2.36. The number of nitrogens with one attached hydrogen (secondary N) is 1. The van der Waals surface area contributed by atoms with Gasteiger partial charge in [0.1, 0.15) is 0 Å². The molecule has 3 unspecified atom stereocenters. The quantitative estimate of drug-likeness (QED) is 0.680. The van der Waals surface area contributed by atoms with E-state index < -0.39 is 0 Å². The molecule has 18 heavy (non-hydrogen) atoms. The summed E-state index contributed by atoms with van der Waals surface area (Å²) in [4.78, 5) is 2.33. The molecule has 0 aromatic heterocycles. The molecule has 1 aliphatic rings. The van der Waals surface area contributed by atoms with Gasteiger partial charge >= 0.3 is 0 Å². The van der Waals surface area contributed by atoms with E-state index in [0.29, 0.717) is 12.0 Å². The summed E-state index contributed by atoms with van der Waals surface area (Å²) in [6, 6.07) is 0.630. The van der Waals surface area contributed by atoms with Crippen molar-refractivity contribution in [3.63, 3.8) is 0 Å². The first-order chi connectivity index (χ1) is 8.71. The molecule has 2 N–H and O–H groups in total. The second-order valence-corrected chi connectivity index (χ2v) is 5.59. The number of aliphatic hydroxyl groups is 1. The Kier molecular flexibility index (Phi) is 7.82. The van der Waals surface area contributed by atoms with Gasteiger partial charge in [0.25, 0.3) is 0 Å². The van der Waals surface area contributed by atoms with E-state index in [0.717, 1.165) is 32.2 Å². The van der Waals surface area contributed by atoms with Crippen LogP contribution in [0, 0.1) is 11.8 Å². The van der Waals surface area contributed by atoms with Crippen molar-refractivity contribution in [3.05, 3.63) is 0 Å². The Hall–Kier alpha value is -0.160. The van der Waals surface area contributed by atoms with E-state index in [1.165, 1.54) is 19.3 Å². The summed E-state index contributed by atoms with van der Waals surface area (Å²) in [5.41, 5.74) is 0. The molecule has 1 saturated carbocycles. The average molecular weight is 258 g/mol. The van der Waals surface area contributed by atoms with E-state index in [1.807, 2.05) is 0 Å². The summed E-state index contributed by atoms with van der Waals surface area (Å²) in [6.45, 7) is 6.07. The molecule has 0 aliphatic heterocycles. The highest BCUT2D eigenvalue weighted by Crippen LogP contribution is 2.29. The summed E-state index contributed by atoms with van der Waals surface area (Å²) < 4.78 is 5.14. The molecule has 0 spiro atoms. The van der Waals surface area contributed by atoms with Crippen LogP contribution in [-0.4, -0.2) is 63.1 Å². The fourth-order valence-corrected chi connectivity index (χ4v) is 3.07. The molecule has 0 amide bonds. The summed E-state index contributed by atoms with van der Waals surface area (Å²) in [5, 5.41) is 12.6. The van der Waals surface area contributed by atoms with Gasteiger partial charge in [0, 0.05) is 32.8 Å². The van der Waals surface area contributed by atoms with Crippen molar-refractivity contribution in [1.82, 2.24) is 10.2 Å². The molecule has 1 aliphatic carbocycles. The first-order valence-electron chi connectivity index (χ1n) is 7.20. The number of aliphatic hydroxyl groups excluding tert-OH is 1. The highest BCUT2D eigenvalue weighted by Gasteiger charge is 2.28. The monoisotopic (exact) mass is 258 g/mol. The molecule has 1 fully saturated rings. The minimum absolute atomic E-state index is 0.232. The maximum absolute atomic E-state index is 9.14. The molecular weight excluding hydrogens is 228 g/mol. The second-order valence-electron chi connectivity index (χ2n) is 5.59. The zero-order valence-electron chi connectivity index (χ0n) is 12.2. The van der Waals surface area contributed by atoms with Crippen molar-refractivity contribution in [1.29, 1.82) is 0 Å². The Morgan fingerprint density at radius 2 is 2.11 bits per heavy atom. The zero-order chi connectivity index (χ0) is 13.4. The molecule has 4 heteroatoms. The van der Waals surface area contributed by atoms with Crippen LogP contribution < -0.4 is 5.32 Å². The summed E-state index contributed by atoms with van der Waals surface area (Å²) in [6.07, 6.45) is 3.90. The van der Waals surface area contributed by atoms with Gasteiger partial charge in [-0.25, -0.2) is 0 Å². The third-order valence-electron chi connectivity index (χ3n) is 4.14. The molecule has 1 rings (SSSR count). The van der Waals surface area contributed by atoms with Crippen molar-refractivity contribution < 1.29 is 9.84 Å². The molecule has 0 aromatic rings. The van der Waals surface area contributed by atoms with Crippen LogP contribution in [0.25, 0.3) is 0 Å². The predicted molar refractivity (Wildman–Crippen MR) is 74.8 cm³/mol. The number of nitrogens with zero attached hydrogens (tertiary/aromatic N) is 1. The van der Waals surface area contributed by atoms with E-state index in [9.17, 15) is 0 Å². The molecule has 108 valence electrons. The summed E-state index contributed by atoms with van der Waals surface area (Å²) in [7, 11) is 3.80. The van der Waals surface area contributed by atoms with Crippen LogP contribution in [0.2, 0.25) is 0 Å². The lowest BCUT2D eigenvalue weighted by molar-refractivity contribution is 0.0967. The number of hydrogen-bond acceptors (Lipinski definition) is 4. The van der Waals surface area contributed by atoms with Gasteiger partial charge < -0.3 is 15.2 Å². The van der Waals surface area contributed by atoms with Crippen molar-refractivity contribution in [2.75, 3.05) is 47.0 Å². The Labute approximate surface area is 112 Å². The first kappa shape index (κ1) is 15.9. The fourth-order valence-electron chi connectivity index (χ4n) is 3.07. The van der Waals surface area contributed by atoms with Crippen LogP contribution in [0.4, 0.5) is 0 Å². The highest BCUT2D eigenvalue weighted by atomic mass is 16.5. The minimum atomic E-state index is 0.232. The topological polar surface area (TPSA) is 44.7 Å². The molecule has 0 saturated heterocycles. The normalized spacial score (nSPS) is 28.8. The van der Waals surface area contributed by atoms with Crippen molar-refractivity contribution in [3.8, 4) is 0 Å². The van der Waals surface area contributed by atoms with Gasteiger partial charge in [0.2, 0.25) is 0 Å². The SMILES string of the molecule is CNC1CCC(C)CC1CN(CCO)CCOC. The third-order valence-corrected chi connectivity index (χ3v) is 4.14. The lowest BCUT2D eigenvalue weighted by Crippen LogP contribution is -2.45. The van der Waals surface area contributed by atoms with Crippen LogP contribution in [0.3, 0.4) is 0 Å². The van der Waals surface area contributed by atoms with Gasteiger partial charge in [-0.2, -0.15) is 0 Å². The van der Waals surface area contributed by atoms with Crippen LogP contribution in [-0.2, 0) is 4.74 Å². The number of hydrogen-bond donors (Lipinski definition) is 2. The number of ether oxygens (including phenoxy) is 1. The number of rotatable bonds is 8. The molecular formula is C14H30N2O2. The maximum atomic E-state index is 9.14. The second kappa shape index (κ2) is 8.86. The van der Waals surface area contributed by atoms with Crippen LogP contribution in [0.15, 0.2) is 0 Å². The van der Waals surface area contributed by atoms with Crippen molar-refractivity contribution in [2.24, 2.45) is 11.8 Å². The van der Waals surface area contributed by atoms with E-state index in [1.54, 1.807) is 7.11 Å². The molecule has 3 atom stereocenters. The van der Waals surface area contributed by atoms with Gasteiger partial charge in [-0.05, 0) is 38.1 Å². The molecule has 4 nitrogen and oxygen atoms in total. The summed E-state index contributed by atoms with van der Waals surface area (Å²) >= 11 is 0. The first-order valence-corrected chi connectivity index (χ1v) is 7.20. The van der Waals surface area contributed by atoms with Crippen molar-refractivity contribution >= 4 is 0 Å². The third kappa shape index (κ3) is 5.22. The fraction of sp³-hybridized carbons (Fsp3) is 1.00. The minimum Gasteiger partial charge on any atom is -0.395 e. The van der Waals surface area contributed by atoms with Gasteiger partial charge in [-0.15, -0.1) is 0 Å². The van der Waals surface area contributed by atoms with Gasteiger partial charge in [-0.3, -0.25) is 4.90 Å². The lowest BCUT2D eigenvalue weighted by atomic mass is 9.78. The highest BCUT2D eigenvalue weighted by molar-refractivity contribution is 4.84. The van der Waals surface area contributed by atoms with Crippen LogP contribution in [0.5, 0.6) is 0 Å². The van der Waals surface area contributed by atoms with Gasteiger partial charge in [0.15, 0.2) is 0 Å². The zero-order valence-corrected chi connectivity index (χ0v) is 12.2. The Bertz CT molecular complexity index is 214. The van der Waals surface area contributed by atoms with Crippen LogP contribution >= 0.6 is 0 Å². The molecule has 0 radical (unpaired) electrons. The summed E-state index contributed by atoms with van der Waals surface area (Å²) in [5.74, 6) is 1.53. The van der Waals surface area contributed by atoms with Crippen LogP contribution in [0.1, 0.15) is 26.2 Å². The van der Waals surface area contributed by atoms with E-state index in [2.05, 4.69) is 24.2 Å². The largest absolute Gasteiger partial charge is 0.395 e. The van der Waals surface area contributed by atoms with E-state index in [4.69, 9.17) is 9.84 Å². The lowest BCUT2D eigenvalue weighted by Gasteiger charge is -2.37. The standard InChI is InChI=1S/C14H30N2O2/c1-12-4-5-14(15-2)13(10-12)11-16(6-8-17)7-9-18-3/h12-15,17H,4-11H2,1-3H3. The Morgan fingerprint density at radius 3 is 2.72 bits per heavy atom. The molecule has 0 aromatic carbocycles. The Morgan fingerprint density at radius 1 is 1.33 bits per heavy atom. The number of methoxy groups -OCH3 is 1. The molecule has 0 heterocycles. The smallest absolute Gasteiger partial charge is 0.0589 e. The molecule has 0 bridgehead atoms. The predicted octanol–water partition coefficient (Wildman–Crippen LogP) is 0.951.